The van der Waals surface area contributed by atoms with Gasteiger partial charge in [0.25, 0.3) is 5.91 Å². The van der Waals surface area contributed by atoms with E-state index in [1.165, 1.54) is 24.6 Å². The average molecular weight is 370 g/mol. The van der Waals surface area contributed by atoms with Crippen LogP contribution in [0.2, 0.25) is 0 Å². The fourth-order valence-corrected chi connectivity index (χ4v) is 3.24. The molecular formula is C18H21F3N2O3. The Bertz CT molecular complexity index is 695. The zero-order valence-corrected chi connectivity index (χ0v) is 14.3. The molecule has 1 aromatic carbocycles. The molecule has 0 bridgehead atoms. The number of amides is 1. The van der Waals surface area contributed by atoms with Crippen molar-refractivity contribution in [1.82, 2.24) is 10.2 Å². The van der Waals surface area contributed by atoms with Crippen LogP contribution in [0.15, 0.2) is 24.3 Å². The van der Waals surface area contributed by atoms with Crippen molar-refractivity contribution in [3.8, 4) is 11.5 Å². The van der Waals surface area contributed by atoms with Crippen LogP contribution in [0.5, 0.6) is 11.5 Å². The van der Waals surface area contributed by atoms with Gasteiger partial charge in [-0.05, 0) is 44.5 Å². The highest BCUT2D eigenvalue weighted by molar-refractivity contribution is 5.89. The minimum atomic E-state index is -4.81. The molecule has 0 atom stereocenters. The number of rotatable bonds is 7. The predicted molar refractivity (Wildman–Crippen MR) is 86.9 cm³/mol. The molecule has 3 fully saturated rings. The van der Waals surface area contributed by atoms with E-state index >= 15 is 0 Å². The molecule has 0 aromatic heterocycles. The molecule has 142 valence electrons. The molecule has 1 aliphatic heterocycles. The topological polar surface area (TPSA) is 50.8 Å². The number of alkyl halides is 3. The summed E-state index contributed by atoms with van der Waals surface area (Å²) in [6.07, 6.45) is -0.795. The minimum absolute atomic E-state index is 0.0648. The summed E-state index contributed by atoms with van der Waals surface area (Å²) in [4.78, 5) is 15.1. The highest BCUT2D eigenvalue weighted by Crippen LogP contribution is 2.46. The van der Waals surface area contributed by atoms with Crippen LogP contribution < -0.4 is 14.8 Å². The summed E-state index contributed by atoms with van der Waals surface area (Å²) in [5.74, 6) is -0.733. The number of nitrogens with zero attached hydrogens (tertiary/aromatic N) is 1. The summed E-state index contributed by atoms with van der Waals surface area (Å²) in [7, 11) is 0. The molecule has 4 rings (SSSR count). The lowest BCUT2D eigenvalue weighted by molar-refractivity contribution is -0.275. The van der Waals surface area contributed by atoms with Gasteiger partial charge >= 0.3 is 6.36 Å². The van der Waals surface area contributed by atoms with E-state index < -0.39 is 17.7 Å². The summed E-state index contributed by atoms with van der Waals surface area (Å²) < 4.78 is 47.4. The summed E-state index contributed by atoms with van der Waals surface area (Å²) in [6.45, 7) is 2.95. The highest BCUT2D eigenvalue weighted by atomic mass is 19.4. The number of halogens is 3. The van der Waals surface area contributed by atoms with Crippen molar-refractivity contribution < 1.29 is 27.4 Å². The molecule has 5 nitrogen and oxygen atoms in total. The average Bonchev–Trinajstić information content (AvgIpc) is 3.42. The predicted octanol–water partition coefficient (Wildman–Crippen LogP) is 2.85. The van der Waals surface area contributed by atoms with Gasteiger partial charge in [-0.3, -0.25) is 4.79 Å². The second-order valence-electron chi connectivity index (χ2n) is 7.46. The van der Waals surface area contributed by atoms with Crippen LogP contribution in [0.3, 0.4) is 0 Å². The molecule has 1 aromatic rings. The van der Waals surface area contributed by atoms with Gasteiger partial charge < -0.3 is 19.7 Å². The van der Waals surface area contributed by atoms with Crippen molar-refractivity contribution >= 4 is 5.91 Å². The minimum Gasteiger partial charge on any atom is -0.474 e. The van der Waals surface area contributed by atoms with E-state index in [4.69, 9.17) is 4.74 Å². The second kappa shape index (κ2) is 6.04. The number of carbonyl (C=O) groups excluding carboxylic acids is 1. The zero-order chi connectivity index (χ0) is 18.4. The van der Waals surface area contributed by atoms with Crippen molar-refractivity contribution in [3.05, 3.63) is 24.3 Å². The van der Waals surface area contributed by atoms with E-state index in [2.05, 4.69) is 15.0 Å². The Kier molecular flexibility index (Phi) is 4.06. The van der Waals surface area contributed by atoms with Gasteiger partial charge in [-0.15, -0.1) is 13.2 Å². The van der Waals surface area contributed by atoms with Gasteiger partial charge in [-0.1, -0.05) is 12.1 Å². The van der Waals surface area contributed by atoms with E-state index in [0.29, 0.717) is 12.8 Å². The Morgan fingerprint density at radius 2 is 1.77 bits per heavy atom. The molecule has 0 radical (unpaired) electrons. The Hall–Kier alpha value is -1.96. The van der Waals surface area contributed by atoms with Crippen LogP contribution in [-0.4, -0.2) is 47.9 Å². The molecular weight excluding hydrogens is 349 g/mol. The first-order valence-corrected chi connectivity index (χ1v) is 8.88. The summed E-state index contributed by atoms with van der Waals surface area (Å²) in [6, 6.07) is 5.56. The number of likely N-dealkylation sites (tertiary alicyclic amines) is 1. The fraction of sp³-hybridized carbons (Fsp3) is 0.611. The highest BCUT2D eigenvalue weighted by Gasteiger charge is 2.57. The van der Waals surface area contributed by atoms with Gasteiger partial charge in [0.1, 0.15) is 0 Å². The maximum Gasteiger partial charge on any atom is 0.573 e. The van der Waals surface area contributed by atoms with Crippen LogP contribution in [0.4, 0.5) is 13.2 Å². The normalized spacial score (nSPS) is 22.9. The van der Waals surface area contributed by atoms with Crippen molar-refractivity contribution in [1.29, 1.82) is 0 Å². The van der Waals surface area contributed by atoms with Crippen LogP contribution in [-0.2, 0) is 4.79 Å². The van der Waals surface area contributed by atoms with Gasteiger partial charge in [-0.25, -0.2) is 0 Å². The Labute approximate surface area is 149 Å². The monoisotopic (exact) mass is 370 g/mol. The first-order valence-electron chi connectivity index (χ1n) is 8.88. The van der Waals surface area contributed by atoms with Crippen LogP contribution in [0.1, 0.15) is 32.1 Å². The Balaban J connectivity index is 1.42. The standard InChI is InChI=1S/C18H21F3N2O3/c19-18(20,21)26-14-5-2-1-4-13(14)25-17(8-9-17)15(24)22-16(6-7-16)12-23-10-3-11-23/h1-2,4-5H,3,6-12H2,(H,22,24). The van der Waals surface area contributed by atoms with Crippen LogP contribution >= 0.6 is 0 Å². The van der Waals surface area contributed by atoms with Crippen molar-refractivity contribution in [2.24, 2.45) is 0 Å². The third kappa shape index (κ3) is 3.75. The number of carbonyl (C=O) groups is 1. The van der Waals surface area contributed by atoms with Crippen molar-refractivity contribution in [2.75, 3.05) is 19.6 Å². The third-order valence-electron chi connectivity index (χ3n) is 5.21. The molecule has 2 aliphatic carbocycles. The number of benzene rings is 1. The number of ether oxygens (including phenoxy) is 2. The van der Waals surface area contributed by atoms with E-state index in [-0.39, 0.29) is 17.2 Å². The maximum absolute atomic E-state index is 12.8. The third-order valence-corrected chi connectivity index (χ3v) is 5.21. The smallest absolute Gasteiger partial charge is 0.474 e. The number of para-hydroxylation sites is 2. The van der Waals surface area contributed by atoms with Crippen molar-refractivity contribution in [3.63, 3.8) is 0 Å². The molecule has 8 heteroatoms. The van der Waals surface area contributed by atoms with Crippen molar-refractivity contribution in [2.45, 2.75) is 49.6 Å². The first kappa shape index (κ1) is 17.5. The summed E-state index contributed by atoms with van der Waals surface area (Å²) in [5, 5.41) is 3.09. The largest absolute Gasteiger partial charge is 0.573 e. The number of hydrogen-bond donors (Lipinski definition) is 1. The number of hydrogen-bond acceptors (Lipinski definition) is 4. The molecule has 26 heavy (non-hydrogen) atoms. The molecule has 2 saturated carbocycles. The van der Waals surface area contributed by atoms with Crippen LogP contribution in [0.25, 0.3) is 0 Å². The van der Waals surface area contributed by atoms with E-state index in [0.717, 1.165) is 32.5 Å². The van der Waals surface area contributed by atoms with Gasteiger partial charge in [0.2, 0.25) is 0 Å². The molecule has 3 aliphatic rings. The Morgan fingerprint density at radius 1 is 1.12 bits per heavy atom. The van der Waals surface area contributed by atoms with Gasteiger partial charge in [0.15, 0.2) is 17.1 Å². The lowest BCUT2D eigenvalue weighted by atomic mass is 10.1. The summed E-state index contributed by atoms with van der Waals surface area (Å²) >= 11 is 0. The van der Waals surface area contributed by atoms with Gasteiger partial charge in [-0.2, -0.15) is 0 Å². The molecule has 1 saturated heterocycles. The SMILES string of the molecule is O=C(NC1(CN2CCC2)CC1)C1(Oc2ccccc2OC(F)(F)F)CC1. The lowest BCUT2D eigenvalue weighted by Gasteiger charge is -2.35. The Morgan fingerprint density at radius 3 is 2.27 bits per heavy atom. The molecule has 1 heterocycles. The molecule has 1 N–H and O–H groups in total. The molecule has 1 amide bonds. The first-order chi connectivity index (χ1) is 12.3. The quantitative estimate of drug-likeness (QED) is 0.802. The lowest BCUT2D eigenvalue weighted by Crippen LogP contribution is -2.53. The van der Waals surface area contributed by atoms with Gasteiger partial charge in [0.05, 0.1) is 5.54 Å². The second-order valence-corrected chi connectivity index (χ2v) is 7.46. The van der Waals surface area contributed by atoms with E-state index in [1.54, 1.807) is 6.07 Å². The fourth-order valence-electron chi connectivity index (χ4n) is 3.24. The zero-order valence-electron chi connectivity index (χ0n) is 14.3. The molecule has 0 spiro atoms. The van der Waals surface area contributed by atoms with E-state index in [9.17, 15) is 18.0 Å². The van der Waals surface area contributed by atoms with Crippen LogP contribution in [0, 0.1) is 0 Å². The number of nitrogens with one attached hydrogen (secondary N) is 1. The summed E-state index contributed by atoms with van der Waals surface area (Å²) in [5.41, 5.74) is -1.28. The molecule has 0 unspecified atom stereocenters. The van der Waals surface area contributed by atoms with E-state index in [1.807, 2.05) is 0 Å². The maximum atomic E-state index is 12.8. The van der Waals surface area contributed by atoms with Gasteiger partial charge in [0, 0.05) is 19.4 Å².